The Morgan fingerprint density at radius 3 is 2.75 bits per heavy atom. The lowest BCUT2D eigenvalue weighted by Gasteiger charge is -2.27. The molecule has 4 heteroatoms. The molecule has 0 radical (unpaired) electrons. The van der Waals surface area contributed by atoms with Crippen LogP contribution >= 0.6 is 0 Å². The summed E-state index contributed by atoms with van der Waals surface area (Å²) in [7, 11) is 0. The molecule has 1 fully saturated rings. The largest absolute Gasteiger partial charge is 0.365 e. The maximum atomic E-state index is 12.7. The Morgan fingerprint density at radius 2 is 2.15 bits per heavy atom. The minimum Gasteiger partial charge on any atom is -0.365 e. The van der Waals surface area contributed by atoms with Gasteiger partial charge in [-0.05, 0) is 51.3 Å². The van der Waals surface area contributed by atoms with Gasteiger partial charge in [0.25, 0.3) is 5.91 Å². The number of rotatable bonds is 5. The van der Waals surface area contributed by atoms with Gasteiger partial charge in [-0.2, -0.15) is 0 Å². The molecule has 1 saturated heterocycles. The highest BCUT2D eigenvalue weighted by Gasteiger charge is 2.32. The lowest BCUT2D eigenvalue weighted by molar-refractivity contribution is -0.129. The number of carbonyl (C=O) groups excluding carboxylic acids is 1. The Hall–Kier alpha value is -1.39. The van der Waals surface area contributed by atoms with Crippen molar-refractivity contribution in [3.63, 3.8) is 0 Å². The van der Waals surface area contributed by atoms with E-state index in [-0.39, 0.29) is 18.1 Å². The van der Waals surface area contributed by atoms with Gasteiger partial charge in [0, 0.05) is 12.2 Å². The fourth-order valence-corrected chi connectivity index (χ4v) is 2.62. The fraction of sp³-hybridized carbons (Fsp3) is 0.562. The number of carbonyl (C=O) groups is 1. The summed E-state index contributed by atoms with van der Waals surface area (Å²) in [5.74, 6) is 0.0668. The van der Waals surface area contributed by atoms with E-state index in [1.54, 1.807) is 0 Å². The first-order valence-electron chi connectivity index (χ1n) is 7.36. The van der Waals surface area contributed by atoms with Crippen LogP contribution in [0.5, 0.6) is 0 Å². The average Bonchev–Trinajstić information content (AvgIpc) is 2.87. The minimum absolute atomic E-state index is 0.0668. The van der Waals surface area contributed by atoms with Gasteiger partial charge in [-0.3, -0.25) is 4.79 Å². The second-order valence-electron chi connectivity index (χ2n) is 5.43. The Balaban J connectivity index is 2.19. The van der Waals surface area contributed by atoms with Gasteiger partial charge in [0.1, 0.15) is 6.10 Å². The summed E-state index contributed by atoms with van der Waals surface area (Å²) in [6.45, 7) is 5.27. The standard InChI is InChI=1S/C16H24N2O2/c1-12-6-3-4-7-14(12)18(11-5-10-17)16(19)15-9-8-13(2)20-15/h3-4,6-7,13,15H,5,8-11,17H2,1-2H3. The normalized spacial score (nSPS) is 21.9. The number of ether oxygens (including phenoxy) is 1. The lowest BCUT2D eigenvalue weighted by atomic mass is 10.1. The quantitative estimate of drug-likeness (QED) is 0.897. The van der Waals surface area contributed by atoms with Gasteiger partial charge in [-0.25, -0.2) is 0 Å². The smallest absolute Gasteiger partial charge is 0.256 e. The predicted molar refractivity (Wildman–Crippen MR) is 80.8 cm³/mol. The highest BCUT2D eigenvalue weighted by molar-refractivity contribution is 5.97. The Labute approximate surface area is 120 Å². The number of benzene rings is 1. The minimum atomic E-state index is -0.303. The summed E-state index contributed by atoms with van der Waals surface area (Å²) in [6, 6.07) is 7.96. The summed E-state index contributed by atoms with van der Waals surface area (Å²) in [4.78, 5) is 14.5. The number of amides is 1. The van der Waals surface area contributed by atoms with Crippen LogP contribution in [-0.4, -0.2) is 31.2 Å². The third-order valence-electron chi connectivity index (χ3n) is 3.77. The highest BCUT2D eigenvalue weighted by atomic mass is 16.5. The molecule has 1 aromatic carbocycles. The molecular weight excluding hydrogens is 252 g/mol. The number of hydrogen-bond acceptors (Lipinski definition) is 3. The number of anilines is 1. The van der Waals surface area contributed by atoms with E-state index in [1.807, 2.05) is 43.0 Å². The van der Waals surface area contributed by atoms with Crippen molar-refractivity contribution in [1.29, 1.82) is 0 Å². The van der Waals surface area contributed by atoms with Crippen LogP contribution in [0.1, 0.15) is 31.7 Å². The Bertz CT molecular complexity index is 462. The lowest BCUT2D eigenvalue weighted by Crippen LogP contribution is -2.40. The molecule has 0 bridgehead atoms. The SMILES string of the molecule is Cc1ccccc1N(CCCN)C(=O)C1CCC(C)O1. The predicted octanol–water partition coefficient (Wildman–Crippen LogP) is 2.24. The number of nitrogens with zero attached hydrogens (tertiary/aromatic N) is 1. The summed E-state index contributed by atoms with van der Waals surface area (Å²) in [6.07, 6.45) is 2.43. The van der Waals surface area contributed by atoms with Crippen LogP contribution in [0.15, 0.2) is 24.3 Å². The summed E-state index contributed by atoms with van der Waals surface area (Å²) < 4.78 is 5.72. The number of para-hydroxylation sites is 1. The summed E-state index contributed by atoms with van der Waals surface area (Å²) in [5.41, 5.74) is 7.67. The van der Waals surface area contributed by atoms with Crippen molar-refractivity contribution in [1.82, 2.24) is 0 Å². The van der Waals surface area contributed by atoms with Crippen molar-refractivity contribution >= 4 is 11.6 Å². The first kappa shape index (κ1) is 15.0. The van der Waals surface area contributed by atoms with Crippen molar-refractivity contribution in [3.05, 3.63) is 29.8 Å². The summed E-state index contributed by atoms with van der Waals surface area (Å²) in [5, 5.41) is 0. The molecule has 0 aromatic heterocycles. The van der Waals surface area contributed by atoms with Gasteiger partial charge in [-0.1, -0.05) is 18.2 Å². The second-order valence-corrected chi connectivity index (χ2v) is 5.43. The van der Waals surface area contributed by atoms with E-state index in [9.17, 15) is 4.79 Å². The molecule has 0 aliphatic carbocycles. The molecule has 20 heavy (non-hydrogen) atoms. The van der Waals surface area contributed by atoms with E-state index < -0.39 is 0 Å². The van der Waals surface area contributed by atoms with Crippen molar-refractivity contribution in [2.75, 3.05) is 18.0 Å². The maximum absolute atomic E-state index is 12.7. The van der Waals surface area contributed by atoms with Crippen molar-refractivity contribution < 1.29 is 9.53 Å². The average molecular weight is 276 g/mol. The van der Waals surface area contributed by atoms with E-state index in [2.05, 4.69) is 0 Å². The Kier molecular flexibility index (Phi) is 5.15. The van der Waals surface area contributed by atoms with Gasteiger partial charge >= 0.3 is 0 Å². The van der Waals surface area contributed by atoms with Crippen LogP contribution in [0.25, 0.3) is 0 Å². The highest BCUT2D eigenvalue weighted by Crippen LogP contribution is 2.26. The van der Waals surface area contributed by atoms with Crippen LogP contribution in [0.3, 0.4) is 0 Å². The van der Waals surface area contributed by atoms with E-state index in [0.717, 1.165) is 30.5 Å². The number of hydrogen-bond donors (Lipinski definition) is 1. The van der Waals surface area contributed by atoms with Crippen LogP contribution < -0.4 is 10.6 Å². The Morgan fingerprint density at radius 1 is 1.40 bits per heavy atom. The molecule has 2 atom stereocenters. The van der Waals surface area contributed by atoms with E-state index in [0.29, 0.717) is 13.1 Å². The van der Waals surface area contributed by atoms with Crippen LogP contribution in [0, 0.1) is 6.92 Å². The van der Waals surface area contributed by atoms with Gasteiger partial charge in [-0.15, -0.1) is 0 Å². The van der Waals surface area contributed by atoms with E-state index in [4.69, 9.17) is 10.5 Å². The molecule has 1 aromatic rings. The number of aryl methyl sites for hydroxylation is 1. The molecule has 2 N–H and O–H groups in total. The molecule has 4 nitrogen and oxygen atoms in total. The number of nitrogens with two attached hydrogens (primary N) is 1. The fourth-order valence-electron chi connectivity index (χ4n) is 2.62. The zero-order chi connectivity index (χ0) is 14.5. The molecule has 110 valence electrons. The van der Waals surface area contributed by atoms with Gasteiger partial charge in [0.05, 0.1) is 6.10 Å². The molecule has 1 aliphatic rings. The molecular formula is C16H24N2O2. The second kappa shape index (κ2) is 6.86. The van der Waals surface area contributed by atoms with Crippen LogP contribution in [0.4, 0.5) is 5.69 Å². The van der Waals surface area contributed by atoms with E-state index >= 15 is 0 Å². The van der Waals surface area contributed by atoms with Gasteiger partial charge < -0.3 is 15.4 Å². The molecule has 1 aliphatic heterocycles. The topological polar surface area (TPSA) is 55.6 Å². The van der Waals surface area contributed by atoms with Crippen LogP contribution in [-0.2, 0) is 9.53 Å². The van der Waals surface area contributed by atoms with Gasteiger partial charge in [0.15, 0.2) is 0 Å². The molecule has 2 rings (SSSR count). The van der Waals surface area contributed by atoms with Crippen LogP contribution in [0.2, 0.25) is 0 Å². The maximum Gasteiger partial charge on any atom is 0.256 e. The molecule has 0 saturated carbocycles. The molecule has 2 unspecified atom stereocenters. The zero-order valence-corrected chi connectivity index (χ0v) is 12.3. The van der Waals surface area contributed by atoms with Crippen molar-refractivity contribution in [2.24, 2.45) is 5.73 Å². The molecule has 1 heterocycles. The van der Waals surface area contributed by atoms with Gasteiger partial charge in [0.2, 0.25) is 0 Å². The monoisotopic (exact) mass is 276 g/mol. The first-order chi connectivity index (χ1) is 9.63. The molecule has 1 amide bonds. The van der Waals surface area contributed by atoms with Crippen molar-refractivity contribution in [3.8, 4) is 0 Å². The third kappa shape index (κ3) is 3.38. The summed E-state index contributed by atoms with van der Waals surface area (Å²) >= 11 is 0. The zero-order valence-electron chi connectivity index (χ0n) is 12.3. The van der Waals surface area contributed by atoms with E-state index in [1.165, 1.54) is 0 Å². The van der Waals surface area contributed by atoms with Crippen molar-refractivity contribution in [2.45, 2.75) is 45.3 Å². The molecule has 0 spiro atoms. The third-order valence-corrected chi connectivity index (χ3v) is 3.77. The first-order valence-corrected chi connectivity index (χ1v) is 7.36.